The Kier molecular flexibility index (Phi) is 6.92. The van der Waals surface area contributed by atoms with Crippen LogP contribution < -0.4 is 5.32 Å². The number of rotatable bonds is 4. The summed E-state index contributed by atoms with van der Waals surface area (Å²) in [5.74, 6) is -0.937. The molecule has 0 saturated carbocycles. The molecule has 180 valence electrons. The summed E-state index contributed by atoms with van der Waals surface area (Å²) >= 11 is 0. The zero-order valence-electron chi connectivity index (χ0n) is 17.6. The molecule has 1 heterocycles. The Morgan fingerprint density at radius 3 is 2.03 bits per heavy atom. The molecule has 3 rings (SSSR count). The minimum Gasteiger partial charge on any atom is -0.368 e. The highest BCUT2D eigenvalue weighted by atomic mass is 19.4. The fourth-order valence-corrected chi connectivity index (χ4v) is 3.82. The number of alkyl halides is 6. The Bertz CT molecular complexity index is 957. The third kappa shape index (κ3) is 5.76. The van der Waals surface area contributed by atoms with E-state index in [2.05, 4.69) is 5.32 Å². The molecular weight excluding hydrogens is 457 g/mol. The number of hydrogen-bond acceptors (Lipinski definition) is 2. The van der Waals surface area contributed by atoms with Crippen LogP contribution in [0.25, 0.3) is 0 Å². The lowest BCUT2D eigenvalue weighted by molar-refractivity contribution is -0.143. The molecule has 1 saturated heterocycles. The van der Waals surface area contributed by atoms with Crippen LogP contribution in [0.15, 0.2) is 42.5 Å². The smallest absolute Gasteiger partial charge is 0.368 e. The number of nitrogens with zero attached hydrogens (tertiary/aromatic N) is 1. The molecule has 0 radical (unpaired) electrons. The van der Waals surface area contributed by atoms with Crippen LogP contribution in [-0.4, -0.2) is 37.2 Å². The molecule has 1 unspecified atom stereocenters. The number of urea groups is 1. The lowest BCUT2D eigenvalue weighted by Crippen LogP contribution is -2.37. The van der Waals surface area contributed by atoms with Crippen molar-refractivity contribution in [2.75, 3.05) is 20.1 Å². The topological polar surface area (TPSA) is 41.6 Å². The molecule has 0 aliphatic carbocycles. The van der Waals surface area contributed by atoms with Gasteiger partial charge in [-0.15, -0.1) is 0 Å². The maximum absolute atomic E-state index is 13.3. The second-order valence-corrected chi connectivity index (χ2v) is 7.77. The summed E-state index contributed by atoms with van der Waals surface area (Å²) in [5.41, 5.74) is -2.54. The molecule has 2 amide bonds. The van der Waals surface area contributed by atoms with E-state index in [1.807, 2.05) is 0 Å². The van der Waals surface area contributed by atoms with Gasteiger partial charge in [0.25, 0.3) is 0 Å². The predicted octanol–water partition coefficient (Wildman–Crippen LogP) is 5.75. The van der Waals surface area contributed by atoms with Gasteiger partial charge in [0.1, 0.15) is 5.82 Å². The van der Waals surface area contributed by atoms with Crippen molar-refractivity contribution in [3.63, 3.8) is 0 Å². The van der Waals surface area contributed by atoms with Crippen molar-refractivity contribution in [2.24, 2.45) is 0 Å². The van der Waals surface area contributed by atoms with Crippen LogP contribution in [0, 0.1) is 5.82 Å². The van der Waals surface area contributed by atoms with E-state index in [1.54, 1.807) is 0 Å². The molecule has 1 aliphatic rings. The van der Waals surface area contributed by atoms with E-state index in [0.717, 1.165) is 0 Å². The van der Waals surface area contributed by atoms with Gasteiger partial charge < -0.3 is 15.0 Å². The van der Waals surface area contributed by atoms with Gasteiger partial charge in [0.2, 0.25) is 0 Å². The Morgan fingerprint density at radius 1 is 1.00 bits per heavy atom. The average Bonchev–Trinajstić information content (AvgIpc) is 3.15. The second-order valence-electron chi connectivity index (χ2n) is 7.77. The van der Waals surface area contributed by atoms with Crippen molar-refractivity contribution >= 4 is 6.03 Å². The van der Waals surface area contributed by atoms with E-state index in [4.69, 9.17) is 4.74 Å². The average molecular weight is 478 g/mol. The summed E-state index contributed by atoms with van der Waals surface area (Å²) in [6.45, 7) is 1.58. The molecule has 2 aromatic carbocycles. The van der Waals surface area contributed by atoms with Crippen molar-refractivity contribution in [1.82, 2.24) is 10.2 Å². The molecule has 0 aromatic heterocycles. The largest absolute Gasteiger partial charge is 0.416 e. The van der Waals surface area contributed by atoms with E-state index < -0.39 is 53.5 Å². The van der Waals surface area contributed by atoms with Crippen LogP contribution in [0.5, 0.6) is 0 Å². The quantitative estimate of drug-likeness (QED) is 0.569. The lowest BCUT2D eigenvalue weighted by Gasteiger charge is -2.25. The van der Waals surface area contributed by atoms with Gasteiger partial charge >= 0.3 is 18.4 Å². The molecule has 3 atom stereocenters. The fourth-order valence-electron chi connectivity index (χ4n) is 3.82. The van der Waals surface area contributed by atoms with Crippen LogP contribution in [0.2, 0.25) is 0 Å². The van der Waals surface area contributed by atoms with Crippen molar-refractivity contribution in [1.29, 1.82) is 0 Å². The molecule has 11 heteroatoms. The number of ether oxygens (including phenoxy) is 1. The number of carbonyl (C=O) groups excluding carboxylic acids is 1. The first kappa shape index (κ1) is 24.8. The zero-order valence-corrected chi connectivity index (χ0v) is 17.6. The van der Waals surface area contributed by atoms with Gasteiger partial charge in [0.05, 0.1) is 23.3 Å². The minimum atomic E-state index is -4.98. The third-order valence-corrected chi connectivity index (χ3v) is 5.52. The van der Waals surface area contributed by atoms with Gasteiger partial charge in [0, 0.05) is 26.1 Å². The van der Waals surface area contributed by atoms with Crippen LogP contribution in [-0.2, 0) is 17.1 Å². The number of hydrogen-bond donors (Lipinski definition) is 1. The molecule has 1 aliphatic heterocycles. The molecule has 0 spiro atoms. The van der Waals surface area contributed by atoms with Crippen LogP contribution in [0.4, 0.5) is 35.5 Å². The summed E-state index contributed by atoms with van der Waals surface area (Å²) in [4.78, 5) is 13.5. The van der Waals surface area contributed by atoms with Gasteiger partial charge in [-0.25, -0.2) is 9.18 Å². The van der Waals surface area contributed by atoms with Crippen LogP contribution >= 0.6 is 0 Å². The van der Waals surface area contributed by atoms with Gasteiger partial charge in [-0.05, 0) is 48.4 Å². The standard InChI is InChI=1S/C22H21F7N2O2/c1-12(14-7-15(21(24,25)26)9-16(8-14)22(27,28)29)33-19-11-31(20(32)30-2)10-18(19)13-3-5-17(23)6-4-13/h3-9,12,18-19H,10-11H2,1-2H3,(H,30,32)/t12?,18-,19+/m1/s1. The number of carbonyl (C=O) groups is 1. The van der Waals surface area contributed by atoms with Crippen molar-refractivity contribution in [3.05, 3.63) is 70.5 Å². The monoisotopic (exact) mass is 478 g/mol. The Balaban J connectivity index is 1.92. The van der Waals surface area contributed by atoms with Gasteiger partial charge in [-0.1, -0.05) is 12.1 Å². The van der Waals surface area contributed by atoms with E-state index in [1.165, 1.54) is 43.1 Å². The third-order valence-electron chi connectivity index (χ3n) is 5.52. The maximum atomic E-state index is 13.3. The number of amides is 2. The minimum absolute atomic E-state index is 0.0527. The summed E-state index contributed by atoms with van der Waals surface area (Å²) in [6, 6.07) is 6.33. The summed E-state index contributed by atoms with van der Waals surface area (Å²) in [7, 11) is 1.42. The van der Waals surface area contributed by atoms with Crippen molar-refractivity contribution < 1.29 is 40.3 Å². The first-order valence-electron chi connectivity index (χ1n) is 9.96. The Labute approximate surface area is 185 Å². The summed E-state index contributed by atoms with van der Waals surface area (Å²) in [5, 5.41) is 2.46. The first-order valence-corrected chi connectivity index (χ1v) is 9.96. The van der Waals surface area contributed by atoms with Crippen molar-refractivity contribution in [3.8, 4) is 0 Å². The van der Waals surface area contributed by atoms with Gasteiger partial charge in [-0.3, -0.25) is 0 Å². The van der Waals surface area contributed by atoms with Crippen LogP contribution in [0.1, 0.15) is 41.2 Å². The van der Waals surface area contributed by atoms with E-state index >= 15 is 0 Å². The Hall–Kier alpha value is -2.82. The highest BCUT2D eigenvalue weighted by Gasteiger charge is 2.40. The summed E-state index contributed by atoms with van der Waals surface area (Å²) < 4.78 is 98.5. The predicted molar refractivity (Wildman–Crippen MR) is 105 cm³/mol. The second kappa shape index (κ2) is 9.20. The number of likely N-dealkylation sites (tertiary alicyclic amines) is 1. The maximum Gasteiger partial charge on any atom is 0.416 e. The summed E-state index contributed by atoms with van der Waals surface area (Å²) in [6.07, 6.45) is -11.8. The van der Waals surface area contributed by atoms with E-state index in [9.17, 15) is 35.5 Å². The normalized spacial score (nSPS) is 20.1. The number of halogens is 7. The zero-order chi connectivity index (χ0) is 24.6. The van der Waals surface area contributed by atoms with Gasteiger partial charge in [-0.2, -0.15) is 26.3 Å². The number of benzene rings is 2. The highest BCUT2D eigenvalue weighted by molar-refractivity contribution is 5.74. The van der Waals surface area contributed by atoms with Gasteiger partial charge in [0.15, 0.2) is 0 Å². The molecule has 1 N–H and O–H groups in total. The first-order chi connectivity index (χ1) is 15.3. The van der Waals surface area contributed by atoms with Crippen molar-refractivity contribution in [2.45, 2.75) is 37.4 Å². The molecule has 0 bridgehead atoms. The molecule has 1 fully saturated rings. The van der Waals surface area contributed by atoms with E-state index in [0.29, 0.717) is 17.7 Å². The van der Waals surface area contributed by atoms with E-state index in [-0.39, 0.29) is 24.7 Å². The van der Waals surface area contributed by atoms with Crippen LogP contribution in [0.3, 0.4) is 0 Å². The molecular formula is C22H21F7N2O2. The highest BCUT2D eigenvalue weighted by Crippen LogP contribution is 2.39. The lowest BCUT2D eigenvalue weighted by atomic mass is 9.95. The fraction of sp³-hybridized carbons (Fsp3) is 0.409. The molecule has 33 heavy (non-hydrogen) atoms. The number of nitrogens with one attached hydrogen (secondary N) is 1. The molecule has 4 nitrogen and oxygen atoms in total. The molecule has 2 aromatic rings. The Morgan fingerprint density at radius 2 is 1.55 bits per heavy atom. The SMILES string of the molecule is CNC(=O)N1C[C@H](OC(C)c2cc(C(F)(F)F)cc(C(F)(F)F)c2)[C@@H](c2ccc(F)cc2)C1.